The zero-order valence-electron chi connectivity index (χ0n) is 10.9. The van der Waals surface area contributed by atoms with Crippen LogP contribution in [-0.4, -0.2) is 42.2 Å². The summed E-state index contributed by atoms with van der Waals surface area (Å²) in [6.07, 6.45) is 1.55. The molecule has 1 N–H and O–H groups in total. The molecule has 1 aliphatic rings. The first-order valence-corrected chi connectivity index (χ1v) is 6.05. The molecule has 102 valence electrons. The number of carbonyl (C=O) groups excluding carboxylic acids is 1. The van der Waals surface area contributed by atoms with Gasteiger partial charge in [-0.2, -0.15) is 0 Å². The van der Waals surface area contributed by atoms with Gasteiger partial charge >= 0.3 is 11.9 Å². The molecule has 0 amide bonds. The topological polar surface area (TPSA) is 79.7 Å². The number of aliphatic carboxylic acids is 1. The van der Waals surface area contributed by atoms with Crippen molar-refractivity contribution in [3.05, 3.63) is 24.0 Å². The molecule has 6 heteroatoms. The van der Waals surface area contributed by atoms with Gasteiger partial charge in [-0.3, -0.25) is 4.79 Å². The lowest BCUT2D eigenvalue weighted by Gasteiger charge is -2.42. The molecule has 0 aromatic carbocycles. The Balaban J connectivity index is 2.02. The second-order valence-corrected chi connectivity index (χ2v) is 4.68. The van der Waals surface area contributed by atoms with E-state index in [-0.39, 0.29) is 17.5 Å². The number of carboxylic acids is 1. The van der Waals surface area contributed by atoms with E-state index in [1.54, 1.807) is 25.3 Å². The summed E-state index contributed by atoms with van der Waals surface area (Å²) in [4.78, 5) is 28.2. The number of hydrogen-bond donors (Lipinski definition) is 1. The van der Waals surface area contributed by atoms with Crippen molar-refractivity contribution in [3.63, 3.8) is 0 Å². The normalized spacial score (nSPS) is 16.6. The fourth-order valence-corrected chi connectivity index (χ4v) is 2.07. The molecule has 0 spiro atoms. The fourth-order valence-electron chi connectivity index (χ4n) is 2.07. The van der Waals surface area contributed by atoms with E-state index in [1.165, 1.54) is 7.11 Å². The number of hydrogen-bond acceptors (Lipinski definition) is 5. The minimum Gasteiger partial charge on any atom is -0.481 e. The van der Waals surface area contributed by atoms with E-state index < -0.39 is 11.9 Å². The molecule has 1 fully saturated rings. The highest BCUT2D eigenvalue weighted by atomic mass is 16.5. The molecule has 0 bridgehead atoms. The highest BCUT2D eigenvalue weighted by molar-refractivity contribution is 5.88. The van der Waals surface area contributed by atoms with Gasteiger partial charge in [-0.05, 0) is 12.1 Å². The minimum absolute atomic E-state index is 0.146. The lowest BCUT2D eigenvalue weighted by molar-refractivity contribution is -0.143. The van der Waals surface area contributed by atoms with Crippen LogP contribution in [0.4, 0.5) is 5.69 Å². The number of aromatic nitrogens is 1. The van der Waals surface area contributed by atoms with Gasteiger partial charge in [0.05, 0.1) is 13.0 Å². The van der Waals surface area contributed by atoms with E-state index in [0.717, 1.165) is 5.69 Å². The number of esters is 1. The first kappa shape index (κ1) is 13.3. The van der Waals surface area contributed by atoms with E-state index in [2.05, 4.69) is 9.72 Å². The number of methoxy groups -OCH3 is 1. The van der Waals surface area contributed by atoms with Crippen LogP contribution in [0, 0.1) is 11.8 Å². The van der Waals surface area contributed by atoms with Crippen molar-refractivity contribution < 1.29 is 19.4 Å². The maximum atomic E-state index is 11.4. The monoisotopic (exact) mass is 264 g/mol. The molecule has 1 aliphatic heterocycles. The Morgan fingerprint density at radius 3 is 2.79 bits per heavy atom. The van der Waals surface area contributed by atoms with Gasteiger partial charge in [-0.15, -0.1) is 0 Å². The lowest BCUT2D eigenvalue weighted by atomic mass is 9.87. The summed E-state index contributed by atoms with van der Waals surface area (Å²) in [5.41, 5.74) is 1.12. The van der Waals surface area contributed by atoms with Crippen LogP contribution in [0.25, 0.3) is 0 Å². The number of pyridine rings is 1. The van der Waals surface area contributed by atoms with Crippen LogP contribution in [0.1, 0.15) is 17.4 Å². The van der Waals surface area contributed by atoms with Crippen molar-refractivity contribution in [2.45, 2.75) is 6.92 Å². The van der Waals surface area contributed by atoms with Crippen LogP contribution >= 0.6 is 0 Å². The van der Waals surface area contributed by atoms with Crippen LogP contribution in [0.5, 0.6) is 0 Å². The first-order valence-electron chi connectivity index (χ1n) is 6.05. The van der Waals surface area contributed by atoms with Gasteiger partial charge < -0.3 is 14.7 Å². The number of rotatable bonds is 4. The number of carbonyl (C=O) groups is 2. The Labute approximate surface area is 111 Å². The summed E-state index contributed by atoms with van der Waals surface area (Å²) in [5, 5.41) is 8.93. The lowest BCUT2D eigenvalue weighted by Crippen LogP contribution is -2.51. The predicted octanol–water partition coefficient (Wildman–Crippen LogP) is 1.03. The van der Waals surface area contributed by atoms with E-state index >= 15 is 0 Å². The quantitative estimate of drug-likeness (QED) is 0.818. The van der Waals surface area contributed by atoms with Crippen molar-refractivity contribution in [2.24, 2.45) is 11.8 Å². The second-order valence-electron chi connectivity index (χ2n) is 4.68. The van der Waals surface area contributed by atoms with Crippen molar-refractivity contribution in [1.82, 2.24) is 4.98 Å². The smallest absolute Gasteiger partial charge is 0.356 e. The third-order valence-electron chi connectivity index (χ3n) is 3.51. The molecular formula is C13H16N2O4. The Kier molecular flexibility index (Phi) is 3.69. The summed E-state index contributed by atoms with van der Waals surface area (Å²) in [6, 6.07) is 3.46. The molecule has 2 heterocycles. The molecule has 2 rings (SSSR count). The third-order valence-corrected chi connectivity index (χ3v) is 3.51. The van der Waals surface area contributed by atoms with E-state index in [4.69, 9.17) is 5.11 Å². The molecule has 1 saturated heterocycles. The van der Waals surface area contributed by atoms with E-state index in [1.807, 2.05) is 4.90 Å². The summed E-state index contributed by atoms with van der Waals surface area (Å²) >= 11 is 0. The largest absolute Gasteiger partial charge is 0.481 e. The molecule has 0 radical (unpaired) electrons. The van der Waals surface area contributed by atoms with Gasteiger partial charge in [0.15, 0.2) is 0 Å². The third kappa shape index (κ3) is 2.67. The number of nitrogens with zero attached hydrogens (tertiary/aromatic N) is 2. The first-order chi connectivity index (χ1) is 9.02. The number of ether oxygens (including phenoxy) is 1. The molecule has 1 aromatic rings. The van der Waals surface area contributed by atoms with Gasteiger partial charge in [-0.1, -0.05) is 6.92 Å². The molecule has 1 unspecified atom stereocenters. The molecule has 0 aliphatic carbocycles. The molecule has 6 nitrogen and oxygen atoms in total. The van der Waals surface area contributed by atoms with Gasteiger partial charge in [0.2, 0.25) is 0 Å². The molecule has 0 saturated carbocycles. The van der Waals surface area contributed by atoms with E-state index in [0.29, 0.717) is 13.1 Å². The van der Waals surface area contributed by atoms with Crippen LogP contribution in [0.2, 0.25) is 0 Å². The van der Waals surface area contributed by atoms with Crippen LogP contribution in [-0.2, 0) is 9.53 Å². The van der Waals surface area contributed by atoms with Gasteiger partial charge in [0.25, 0.3) is 0 Å². The van der Waals surface area contributed by atoms with Crippen LogP contribution in [0.15, 0.2) is 18.3 Å². The van der Waals surface area contributed by atoms with Gasteiger partial charge in [-0.25, -0.2) is 9.78 Å². The Morgan fingerprint density at radius 1 is 1.53 bits per heavy atom. The highest BCUT2D eigenvalue weighted by Gasteiger charge is 2.34. The Morgan fingerprint density at radius 2 is 2.21 bits per heavy atom. The van der Waals surface area contributed by atoms with Crippen LogP contribution in [0.3, 0.4) is 0 Å². The summed E-state index contributed by atoms with van der Waals surface area (Å²) < 4.78 is 4.62. The van der Waals surface area contributed by atoms with Crippen molar-refractivity contribution in [3.8, 4) is 0 Å². The number of carboxylic acid groups (broad SMARTS) is 1. The molecule has 1 atom stereocenters. The SMILES string of the molecule is COC(=O)c1cc(N2CC(C(C)C(=O)O)C2)ccn1. The average molecular weight is 264 g/mol. The molecule has 1 aromatic heterocycles. The zero-order chi connectivity index (χ0) is 14.0. The van der Waals surface area contributed by atoms with Gasteiger partial charge in [0, 0.05) is 30.9 Å². The van der Waals surface area contributed by atoms with Crippen molar-refractivity contribution >= 4 is 17.6 Å². The zero-order valence-corrected chi connectivity index (χ0v) is 10.9. The summed E-state index contributed by atoms with van der Waals surface area (Å²) in [5.74, 6) is -1.45. The van der Waals surface area contributed by atoms with Crippen molar-refractivity contribution in [1.29, 1.82) is 0 Å². The second kappa shape index (κ2) is 5.26. The molecule has 19 heavy (non-hydrogen) atoms. The predicted molar refractivity (Wildman–Crippen MR) is 68.1 cm³/mol. The molecular weight excluding hydrogens is 248 g/mol. The fraction of sp³-hybridized carbons (Fsp3) is 0.462. The maximum absolute atomic E-state index is 11.4. The van der Waals surface area contributed by atoms with Crippen LogP contribution < -0.4 is 4.90 Å². The maximum Gasteiger partial charge on any atom is 0.356 e. The minimum atomic E-state index is -0.769. The Bertz CT molecular complexity index is 497. The average Bonchev–Trinajstić information content (AvgIpc) is 2.36. The standard InChI is InChI=1S/C13H16N2O4/c1-8(12(16)17)9-6-15(7-9)10-3-4-14-11(5-10)13(18)19-2/h3-5,8-9H,6-7H2,1-2H3,(H,16,17). The van der Waals surface area contributed by atoms with E-state index in [9.17, 15) is 9.59 Å². The highest BCUT2D eigenvalue weighted by Crippen LogP contribution is 2.29. The number of anilines is 1. The Hall–Kier alpha value is -2.11. The van der Waals surface area contributed by atoms with Gasteiger partial charge in [0.1, 0.15) is 5.69 Å². The van der Waals surface area contributed by atoms with Crippen molar-refractivity contribution in [2.75, 3.05) is 25.1 Å². The summed E-state index contributed by atoms with van der Waals surface area (Å²) in [6.45, 7) is 3.08. The summed E-state index contributed by atoms with van der Waals surface area (Å²) in [7, 11) is 1.31.